The zero-order valence-electron chi connectivity index (χ0n) is 15.2. The van der Waals surface area contributed by atoms with Gasteiger partial charge in [0.2, 0.25) is 0 Å². The van der Waals surface area contributed by atoms with E-state index in [0.29, 0.717) is 29.6 Å². The van der Waals surface area contributed by atoms with Gasteiger partial charge in [-0.3, -0.25) is 4.31 Å². The summed E-state index contributed by atoms with van der Waals surface area (Å²) in [5.74, 6) is -4.52. The quantitative estimate of drug-likeness (QED) is 0.180. The Bertz CT molecular complexity index is 934. The average molecular weight is 411 g/mol. The Morgan fingerprint density at radius 2 is 1.75 bits per heavy atom. The van der Waals surface area contributed by atoms with Gasteiger partial charge in [0.05, 0.1) is 17.1 Å². The van der Waals surface area contributed by atoms with E-state index in [1.807, 2.05) is 0 Å². The highest BCUT2D eigenvalue weighted by molar-refractivity contribution is 8.00. The van der Waals surface area contributed by atoms with Crippen molar-refractivity contribution in [2.75, 3.05) is 10.8 Å². The van der Waals surface area contributed by atoms with E-state index in [0.717, 1.165) is 12.8 Å². The van der Waals surface area contributed by atoms with Gasteiger partial charge in [-0.15, -0.1) is 6.42 Å². The first kappa shape index (κ1) is 20.5. The first-order valence-corrected chi connectivity index (χ1v) is 9.66. The fraction of sp³-hybridized carbons (Fsp3) is 0.333. The Hall–Kier alpha value is -2.20. The maximum absolute atomic E-state index is 14.5. The van der Waals surface area contributed by atoms with Gasteiger partial charge in [0.1, 0.15) is 5.82 Å². The number of hydrogen-bond acceptors (Lipinski definition) is 2. The summed E-state index contributed by atoms with van der Waals surface area (Å²) in [6, 6.07) is 4.40. The highest BCUT2D eigenvalue weighted by Gasteiger charge is 2.31. The maximum Gasteiger partial charge on any atom is 0.198 e. The Kier molecular flexibility index (Phi) is 6.19. The summed E-state index contributed by atoms with van der Waals surface area (Å²) in [6.07, 6.45) is 7.60. The highest BCUT2D eigenvalue weighted by atomic mass is 32.2. The number of nitrogens with zero attached hydrogens (tertiary/aromatic N) is 1. The number of aryl methyl sites for hydroxylation is 1. The van der Waals surface area contributed by atoms with Crippen molar-refractivity contribution >= 4 is 17.6 Å². The van der Waals surface area contributed by atoms with Gasteiger partial charge < -0.3 is 0 Å². The smallest absolute Gasteiger partial charge is 0.198 e. The Morgan fingerprint density at radius 1 is 1.07 bits per heavy atom. The van der Waals surface area contributed by atoms with Gasteiger partial charge in [0, 0.05) is 5.56 Å². The van der Waals surface area contributed by atoms with Gasteiger partial charge in [-0.25, -0.2) is 22.0 Å². The van der Waals surface area contributed by atoms with Crippen LogP contribution >= 0.6 is 11.9 Å². The molecule has 1 saturated carbocycles. The lowest BCUT2D eigenvalue weighted by Gasteiger charge is -2.23. The SMILES string of the molecule is C#CCN(Sc1c(F)c(F)c(F)c(F)c1CC1CC1)c1ccc(CC)c(F)c1. The largest absolute Gasteiger partial charge is 0.300 e. The van der Waals surface area contributed by atoms with E-state index >= 15 is 0 Å². The van der Waals surface area contributed by atoms with Gasteiger partial charge in [0.15, 0.2) is 23.3 Å². The van der Waals surface area contributed by atoms with Crippen LogP contribution in [-0.2, 0) is 12.8 Å². The van der Waals surface area contributed by atoms with Crippen LogP contribution in [0.1, 0.15) is 30.9 Å². The number of terminal acetylenes is 1. The average Bonchev–Trinajstić information content (AvgIpc) is 3.50. The molecule has 148 valence electrons. The van der Waals surface area contributed by atoms with E-state index in [4.69, 9.17) is 6.42 Å². The molecule has 2 aromatic rings. The van der Waals surface area contributed by atoms with E-state index in [2.05, 4.69) is 5.92 Å². The molecule has 1 fully saturated rings. The second-order valence-electron chi connectivity index (χ2n) is 6.67. The van der Waals surface area contributed by atoms with Crippen molar-refractivity contribution in [2.45, 2.75) is 37.5 Å². The van der Waals surface area contributed by atoms with Gasteiger partial charge >= 0.3 is 0 Å². The van der Waals surface area contributed by atoms with Crippen LogP contribution in [0.25, 0.3) is 0 Å². The fourth-order valence-electron chi connectivity index (χ4n) is 2.89. The molecule has 7 heteroatoms. The minimum absolute atomic E-state index is 0.0709. The number of benzene rings is 2. The van der Waals surface area contributed by atoms with E-state index in [1.165, 1.54) is 10.4 Å². The number of rotatable bonds is 7. The number of hydrogen-bond donors (Lipinski definition) is 0. The third-order valence-corrected chi connectivity index (χ3v) is 5.82. The maximum atomic E-state index is 14.5. The normalized spacial score (nSPS) is 13.5. The lowest BCUT2D eigenvalue weighted by molar-refractivity contribution is 0.390. The van der Waals surface area contributed by atoms with E-state index < -0.39 is 29.1 Å². The number of halogens is 5. The first-order chi connectivity index (χ1) is 13.4. The summed E-state index contributed by atoms with van der Waals surface area (Å²) in [7, 11) is 0. The standard InChI is InChI=1S/C21H18F5NS/c1-3-9-27(14-8-7-13(4-2)16(22)11-14)28-21-15(10-12-5-6-12)17(23)18(24)19(25)20(21)26/h1,7-8,11-12H,4-6,9-10H2,2H3. The van der Waals surface area contributed by atoms with Crippen molar-refractivity contribution in [1.29, 1.82) is 0 Å². The molecule has 1 nitrogen and oxygen atoms in total. The van der Waals surface area contributed by atoms with Crippen LogP contribution in [-0.4, -0.2) is 6.54 Å². The molecule has 0 radical (unpaired) electrons. The zero-order valence-corrected chi connectivity index (χ0v) is 16.0. The molecule has 0 aliphatic heterocycles. The first-order valence-electron chi connectivity index (χ1n) is 8.89. The number of anilines is 1. The summed E-state index contributed by atoms with van der Waals surface area (Å²) in [4.78, 5) is -0.362. The van der Waals surface area contributed by atoms with Crippen LogP contribution in [0, 0.1) is 47.3 Å². The van der Waals surface area contributed by atoms with Crippen LogP contribution in [0.2, 0.25) is 0 Å². The van der Waals surface area contributed by atoms with Crippen molar-refractivity contribution in [2.24, 2.45) is 5.92 Å². The molecule has 0 heterocycles. The molecule has 0 bridgehead atoms. The van der Waals surface area contributed by atoms with E-state index in [-0.39, 0.29) is 29.3 Å². The minimum atomic E-state index is -1.87. The Labute approximate surface area is 165 Å². The van der Waals surface area contributed by atoms with Crippen molar-refractivity contribution < 1.29 is 22.0 Å². The molecule has 0 aromatic heterocycles. The predicted octanol–water partition coefficient (Wildman–Crippen LogP) is 6.04. The second-order valence-corrected chi connectivity index (χ2v) is 7.70. The summed E-state index contributed by atoms with van der Waals surface area (Å²) < 4.78 is 72.1. The van der Waals surface area contributed by atoms with Crippen molar-refractivity contribution in [3.8, 4) is 12.3 Å². The summed E-state index contributed by atoms with van der Waals surface area (Å²) in [6.45, 7) is 1.73. The molecule has 2 aromatic carbocycles. The van der Waals surface area contributed by atoms with Crippen molar-refractivity contribution in [1.82, 2.24) is 0 Å². The van der Waals surface area contributed by atoms with Crippen LogP contribution in [0.15, 0.2) is 23.1 Å². The Morgan fingerprint density at radius 3 is 2.32 bits per heavy atom. The Balaban J connectivity index is 2.03. The zero-order chi connectivity index (χ0) is 20.4. The summed E-state index contributed by atoms with van der Waals surface area (Å²) in [5.41, 5.74) is 0.602. The molecule has 1 aliphatic rings. The van der Waals surface area contributed by atoms with Crippen molar-refractivity contribution in [3.05, 3.63) is 58.4 Å². The molecule has 28 heavy (non-hydrogen) atoms. The molecule has 0 atom stereocenters. The van der Waals surface area contributed by atoms with Gasteiger partial charge in [0.25, 0.3) is 0 Å². The summed E-state index contributed by atoms with van der Waals surface area (Å²) in [5, 5.41) is 0. The monoisotopic (exact) mass is 411 g/mol. The molecule has 0 spiro atoms. The molecule has 0 amide bonds. The minimum Gasteiger partial charge on any atom is -0.300 e. The van der Waals surface area contributed by atoms with Crippen LogP contribution in [0.5, 0.6) is 0 Å². The third kappa shape index (κ3) is 4.12. The molecule has 1 aliphatic carbocycles. The second kappa shape index (κ2) is 8.44. The predicted molar refractivity (Wildman–Crippen MR) is 101 cm³/mol. The highest BCUT2D eigenvalue weighted by Crippen LogP contribution is 2.41. The van der Waals surface area contributed by atoms with Gasteiger partial charge in [-0.2, -0.15) is 0 Å². The van der Waals surface area contributed by atoms with Crippen LogP contribution in [0.3, 0.4) is 0 Å². The van der Waals surface area contributed by atoms with Crippen LogP contribution in [0.4, 0.5) is 27.6 Å². The van der Waals surface area contributed by atoms with E-state index in [1.54, 1.807) is 19.1 Å². The van der Waals surface area contributed by atoms with Crippen molar-refractivity contribution in [3.63, 3.8) is 0 Å². The molecule has 0 saturated heterocycles. The molecular weight excluding hydrogens is 393 g/mol. The molecule has 0 unspecified atom stereocenters. The van der Waals surface area contributed by atoms with E-state index in [9.17, 15) is 22.0 Å². The molecule has 0 N–H and O–H groups in total. The van der Waals surface area contributed by atoms with Gasteiger partial charge in [-0.1, -0.05) is 18.9 Å². The van der Waals surface area contributed by atoms with Gasteiger partial charge in [-0.05, 0) is 61.2 Å². The molecule has 3 rings (SSSR count). The topological polar surface area (TPSA) is 3.24 Å². The molecular formula is C21H18F5NS. The third-order valence-electron chi connectivity index (χ3n) is 4.65. The summed E-state index contributed by atoms with van der Waals surface area (Å²) >= 11 is 0.651. The lowest BCUT2D eigenvalue weighted by Crippen LogP contribution is -2.17. The lowest BCUT2D eigenvalue weighted by atomic mass is 10.1. The fourth-order valence-corrected chi connectivity index (χ4v) is 3.92. The van der Waals surface area contributed by atoms with Crippen LogP contribution < -0.4 is 4.31 Å².